The maximum Gasteiger partial charge on any atom is 0.221 e. The second-order valence-electron chi connectivity index (χ2n) is 4.22. The summed E-state index contributed by atoms with van der Waals surface area (Å²) in [5.74, 6) is 0.0570. The Morgan fingerprint density at radius 1 is 1.32 bits per heavy atom. The smallest absolute Gasteiger partial charge is 0.221 e. The minimum absolute atomic E-state index is 0.0570. The van der Waals surface area contributed by atoms with Gasteiger partial charge in [-0.15, -0.1) is 0 Å². The first kappa shape index (κ1) is 13.3. The van der Waals surface area contributed by atoms with Gasteiger partial charge in [-0.3, -0.25) is 4.79 Å². The Balaban J connectivity index is 1.81. The van der Waals surface area contributed by atoms with Gasteiger partial charge < -0.3 is 10.6 Å². The van der Waals surface area contributed by atoms with Crippen LogP contribution in [0.4, 0.5) is 0 Å². The lowest BCUT2D eigenvalue weighted by Crippen LogP contribution is -2.24. The summed E-state index contributed by atoms with van der Waals surface area (Å²) in [6, 6.07) is 10.1. The number of nitrogens with zero attached hydrogens (tertiary/aromatic N) is 2. The molecule has 2 aromatic rings. The Hall–Kier alpha value is -2.14. The van der Waals surface area contributed by atoms with Crippen molar-refractivity contribution in [2.75, 3.05) is 13.6 Å². The zero-order valence-corrected chi connectivity index (χ0v) is 11.0. The average Bonchev–Trinajstić information content (AvgIpc) is 2.98. The highest BCUT2D eigenvalue weighted by atomic mass is 16.1. The average molecular weight is 258 g/mol. The molecule has 0 saturated carbocycles. The van der Waals surface area contributed by atoms with Crippen LogP contribution in [0.1, 0.15) is 12.0 Å². The van der Waals surface area contributed by atoms with Crippen LogP contribution in [0, 0.1) is 0 Å². The van der Waals surface area contributed by atoms with Crippen LogP contribution >= 0.6 is 0 Å². The third-order valence-electron chi connectivity index (χ3n) is 2.84. The predicted octanol–water partition coefficient (Wildman–Crippen LogP) is 1.10. The predicted molar refractivity (Wildman–Crippen MR) is 74.0 cm³/mol. The molecular formula is C14H18N4O. The Kier molecular flexibility index (Phi) is 4.69. The molecule has 1 amide bonds. The molecule has 5 nitrogen and oxygen atoms in total. The number of amides is 1. The van der Waals surface area contributed by atoms with E-state index < -0.39 is 0 Å². The quantitative estimate of drug-likeness (QED) is 0.763. The van der Waals surface area contributed by atoms with Crippen LogP contribution in [-0.4, -0.2) is 29.3 Å². The highest BCUT2D eigenvalue weighted by molar-refractivity contribution is 5.75. The van der Waals surface area contributed by atoms with Gasteiger partial charge >= 0.3 is 0 Å². The number of nitrogens with one attached hydrogen (secondary N) is 2. The summed E-state index contributed by atoms with van der Waals surface area (Å²) in [5.41, 5.74) is 2.23. The summed E-state index contributed by atoms with van der Waals surface area (Å²) < 4.78 is 1.82. The minimum atomic E-state index is 0.0570. The first-order valence-electron chi connectivity index (χ1n) is 6.30. The molecule has 0 atom stereocenters. The molecule has 2 rings (SSSR count). The van der Waals surface area contributed by atoms with Crippen LogP contribution in [0.15, 0.2) is 42.7 Å². The van der Waals surface area contributed by atoms with Crippen LogP contribution < -0.4 is 10.6 Å². The van der Waals surface area contributed by atoms with Gasteiger partial charge in [0.25, 0.3) is 0 Å². The molecule has 1 aromatic heterocycles. The van der Waals surface area contributed by atoms with Crippen molar-refractivity contribution in [1.82, 2.24) is 20.4 Å². The fourth-order valence-corrected chi connectivity index (χ4v) is 1.75. The summed E-state index contributed by atoms with van der Waals surface area (Å²) in [6.45, 7) is 1.44. The molecule has 0 spiro atoms. The van der Waals surface area contributed by atoms with E-state index in [4.69, 9.17) is 0 Å². The largest absolute Gasteiger partial charge is 0.359 e. The molecular weight excluding hydrogens is 240 g/mol. The molecule has 0 aliphatic carbocycles. The van der Waals surface area contributed by atoms with Gasteiger partial charge in [0.2, 0.25) is 5.91 Å². The van der Waals surface area contributed by atoms with Crippen molar-refractivity contribution in [3.05, 3.63) is 48.3 Å². The monoisotopic (exact) mass is 258 g/mol. The molecule has 0 unspecified atom stereocenters. The van der Waals surface area contributed by atoms with E-state index in [9.17, 15) is 4.79 Å². The molecule has 0 fully saturated rings. The second kappa shape index (κ2) is 6.70. The van der Waals surface area contributed by atoms with Crippen LogP contribution in [0.2, 0.25) is 0 Å². The van der Waals surface area contributed by atoms with Gasteiger partial charge in [-0.1, -0.05) is 12.1 Å². The van der Waals surface area contributed by atoms with E-state index >= 15 is 0 Å². The van der Waals surface area contributed by atoms with Gasteiger partial charge in [0.15, 0.2) is 0 Å². The first-order chi connectivity index (χ1) is 9.29. The van der Waals surface area contributed by atoms with Crippen LogP contribution in [-0.2, 0) is 11.3 Å². The van der Waals surface area contributed by atoms with E-state index in [1.54, 1.807) is 13.2 Å². The summed E-state index contributed by atoms with van der Waals surface area (Å²) >= 11 is 0. The van der Waals surface area contributed by atoms with E-state index in [0.29, 0.717) is 13.0 Å². The van der Waals surface area contributed by atoms with Crippen molar-refractivity contribution in [1.29, 1.82) is 0 Å². The number of benzene rings is 1. The van der Waals surface area contributed by atoms with Crippen molar-refractivity contribution < 1.29 is 4.79 Å². The van der Waals surface area contributed by atoms with Crippen LogP contribution in [0.5, 0.6) is 0 Å². The minimum Gasteiger partial charge on any atom is -0.359 e. The SMILES string of the molecule is CNC(=O)CCNCc1ccc(-n2cccn2)cc1. The fraction of sp³-hybridized carbons (Fsp3) is 0.286. The van der Waals surface area contributed by atoms with Crippen molar-refractivity contribution in [3.63, 3.8) is 0 Å². The second-order valence-corrected chi connectivity index (χ2v) is 4.22. The zero-order valence-electron chi connectivity index (χ0n) is 11.0. The van der Waals surface area contributed by atoms with Crippen LogP contribution in [0.25, 0.3) is 5.69 Å². The third-order valence-corrected chi connectivity index (χ3v) is 2.84. The Morgan fingerprint density at radius 3 is 2.74 bits per heavy atom. The normalized spacial score (nSPS) is 10.4. The summed E-state index contributed by atoms with van der Waals surface area (Å²) in [7, 11) is 1.65. The Bertz CT molecular complexity index is 505. The molecule has 100 valence electrons. The number of aromatic nitrogens is 2. The molecule has 0 radical (unpaired) electrons. The molecule has 1 aromatic carbocycles. The lowest BCUT2D eigenvalue weighted by Gasteiger charge is -2.06. The first-order valence-corrected chi connectivity index (χ1v) is 6.30. The highest BCUT2D eigenvalue weighted by Crippen LogP contribution is 2.08. The van der Waals surface area contributed by atoms with Crippen molar-refractivity contribution in [2.24, 2.45) is 0 Å². The maximum atomic E-state index is 11.0. The molecule has 5 heteroatoms. The van der Waals surface area contributed by atoms with Gasteiger partial charge in [0.05, 0.1) is 5.69 Å². The van der Waals surface area contributed by atoms with E-state index in [2.05, 4.69) is 27.9 Å². The van der Waals surface area contributed by atoms with Crippen LogP contribution in [0.3, 0.4) is 0 Å². The van der Waals surface area contributed by atoms with Gasteiger partial charge in [-0.05, 0) is 23.8 Å². The van der Waals surface area contributed by atoms with Gasteiger partial charge in [0, 0.05) is 39.0 Å². The third kappa shape index (κ3) is 3.93. The lowest BCUT2D eigenvalue weighted by molar-refractivity contribution is -0.120. The molecule has 19 heavy (non-hydrogen) atoms. The highest BCUT2D eigenvalue weighted by Gasteiger charge is 1.99. The van der Waals surface area contributed by atoms with E-state index in [1.807, 2.05) is 29.1 Å². The van der Waals surface area contributed by atoms with Crippen molar-refractivity contribution in [3.8, 4) is 5.69 Å². The van der Waals surface area contributed by atoms with Crippen molar-refractivity contribution >= 4 is 5.91 Å². The summed E-state index contributed by atoms with van der Waals surface area (Å²) in [5, 5.41) is 10.0. The number of carbonyl (C=O) groups excluding carboxylic acids is 1. The number of hydrogen-bond donors (Lipinski definition) is 2. The maximum absolute atomic E-state index is 11.0. The summed E-state index contributed by atoms with van der Waals surface area (Å²) in [6.07, 6.45) is 4.17. The topological polar surface area (TPSA) is 59.0 Å². The summed E-state index contributed by atoms with van der Waals surface area (Å²) in [4.78, 5) is 11.0. The molecule has 2 N–H and O–H groups in total. The number of rotatable bonds is 6. The van der Waals surface area contributed by atoms with E-state index in [1.165, 1.54) is 5.56 Å². The van der Waals surface area contributed by atoms with Crippen molar-refractivity contribution in [2.45, 2.75) is 13.0 Å². The molecule has 0 aliphatic heterocycles. The fourth-order valence-electron chi connectivity index (χ4n) is 1.75. The van der Waals surface area contributed by atoms with E-state index in [0.717, 1.165) is 12.2 Å². The van der Waals surface area contributed by atoms with Gasteiger partial charge in [-0.25, -0.2) is 4.68 Å². The number of carbonyl (C=O) groups is 1. The Morgan fingerprint density at radius 2 is 2.11 bits per heavy atom. The molecule has 1 heterocycles. The standard InChI is InChI=1S/C14H18N4O/c1-15-14(19)7-9-16-11-12-3-5-13(6-4-12)18-10-2-8-17-18/h2-6,8,10,16H,7,9,11H2,1H3,(H,15,19). The van der Waals surface area contributed by atoms with Gasteiger partial charge in [0.1, 0.15) is 0 Å². The molecule has 0 saturated heterocycles. The number of hydrogen-bond acceptors (Lipinski definition) is 3. The molecule has 0 bridgehead atoms. The zero-order chi connectivity index (χ0) is 13.5. The Labute approximate surface area is 112 Å². The van der Waals surface area contributed by atoms with Gasteiger partial charge in [-0.2, -0.15) is 5.10 Å². The van der Waals surface area contributed by atoms with E-state index in [-0.39, 0.29) is 5.91 Å². The molecule has 0 aliphatic rings. The lowest BCUT2D eigenvalue weighted by atomic mass is 10.2.